The number of aliphatic hydroxyl groups is 1. The molecule has 0 fully saturated rings. The van der Waals surface area contributed by atoms with Gasteiger partial charge < -0.3 is 15.5 Å². The van der Waals surface area contributed by atoms with E-state index in [0.717, 1.165) is 0 Å². The molecule has 2 aromatic rings. The predicted octanol–water partition coefficient (Wildman–Crippen LogP) is 1.15. The first kappa shape index (κ1) is 14.0. The molecule has 0 radical (unpaired) electrons. The third kappa shape index (κ3) is 2.75. The summed E-state index contributed by atoms with van der Waals surface area (Å²) >= 11 is 0. The maximum absolute atomic E-state index is 13.6. The molecule has 0 aromatic heterocycles. The molecule has 3 N–H and O–H groups in total. The Morgan fingerprint density at radius 1 is 1.15 bits per heavy atom. The lowest BCUT2D eigenvalue weighted by molar-refractivity contribution is -0.146. The number of benzene rings is 2. The second-order valence-electron chi connectivity index (χ2n) is 4.20. The highest BCUT2D eigenvalue weighted by Crippen LogP contribution is 2.21. The van der Waals surface area contributed by atoms with Gasteiger partial charge in [-0.05, 0) is 17.5 Å². The molecule has 2 aromatic carbocycles. The number of carboxylic acid groups (broad SMARTS) is 1. The number of rotatable bonds is 4. The molecule has 6 heteroatoms. The van der Waals surface area contributed by atoms with Gasteiger partial charge in [0.2, 0.25) is 0 Å². The highest BCUT2D eigenvalue weighted by Gasteiger charge is 2.16. The largest absolute Gasteiger partial charge is 0.479 e. The minimum Gasteiger partial charge on any atom is -0.479 e. The second kappa shape index (κ2) is 5.66. The van der Waals surface area contributed by atoms with Crippen LogP contribution in [-0.2, 0) is 4.79 Å². The van der Waals surface area contributed by atoms with Crippen molar-refractivity contribution in [1.82, 2.24) is 5.32 Å². The van der Waals surface area contributed by atoms with E-state index in [0.29, 0.717) is 10.8 Å². The van der Waals surface area contributed by atoms with Crippen LogP contribution in [0.5, 0.6) is 0 Å². The average molecular weight is 277 g/mol. The van der Waals surface area contributed by atoms with Crippen LogP contribution in [0.2, 0.25) is 0 Å². The van der Waals surface area contributed by atoms with Gasteiger partial charge in [0, 0.05) is 10.9 Å². The van der Waals surface area contributed by atoms with Gasteiger partial charge in [-0.2, -0.15) is 0 Å². The molecule has 0 aliphatic rings. The van der Waals surface area contributed by atoms with E-state index < -0.39 is 30.3 Å². The Kier molecular flexibility index (Phi) is 3.95. The van der Waals surface area contributed by atoms with Gasteiger partial charge in [0.15, 0.2) is 6.10 Å². The smallest absolute Gasteiger partial charge is 0.334 e. The summed E-state index contributed by atoms with van der Waals surface area (Å²) in [6.07, 6.45) is -1.68. The van der Waals surface area contributed by atoms with Crippen molar-refractivity contribution in [2.75, 3.05) is 6.54 Å². The van der Waals surface area contributed by atoms with Crippen LogP contribution >= 0.6 is 0 Å². The van der Waals surface area contributed by atoms with Crippen molar-refractivity contribution < 1.29 is 24.2 Å². The van der Waals surface area contributed by atoms with Gasteiger partial charge in [-0.15, -0.1) is 0 Å². The van der Waals surface area contributed by atoms with E-state index in [9.17, 15) is 14.0 Å². The summed E-state index contributed by atoms with van der Waals surface area (Å²) in [4.78, 5) is 22.4. The SMILES string of the molecule is O=C(NC[C@H](O)C(=O)O)c1ccc(F)c2ccccc12. The molecule has 0 bridgehead atoms. The van der Waals surface area contributed by atoms with E-state index in [-0.39, 0.29) is 5.56 Å². The number of aliphatic carboxylic acids is 1. The monoisotopic (exact) mass is 277 g/mol. The van der Waals surface area contributed by atoms with E-state index in [2.05, 4.69) is 5.32 Å². The number of amides is 1. The van der Waals surface area contributed by atoms with Crippen LogP contribution in [0, 0.1) is 5.82 Å². The van der Waals surface area contributed by atoms with Crippen LogP contribution in [0.4, 0.5) is 4.39 Å². The zero-order valence-electron chi connectivity index (χ0n) is 10.3. The Morgan fingerprint density at radius 3 is 2.45 bits per heavy atom. The summed E-state index contributed by atoms with van der Waals surface area (Å²) < 4.78 is 13.6. The lowest BCUT2D eigenvalue weighted by Gasteiger charge is -2.10. The van der Waals surface area contributed by atoms with Crippen molar-refractivity contribution in [1.29, 1.82) is 0 Å². The molecule has 0 saturated carbocycles. The minimum atomic E-state index is -1.68. The van der Waals surface area contributed by atoms with E-state index in [1.165, 1.54) is 12.1 Å². The van der Waals surface area contributed by atoms with Gasteiger partial charge >= 0.3 is 5.97 Å². The van der Waals surface area contributed by atoms with Crippen molar-refractivity contribution in [3.05, 3.63) is 47.8 Å². The molecule has 0 saturated heterocycles. The van der Waals surface area contributed by atoms with Crippen LogP contribution in [-0.4, -0.2) is 34.7 Å². The van der Waals surface area contributed by atoms with E-state index in [4.69, 9.17) is 10.2 Å². The topological polar surface area (TPSA) is 86.6 Å². The Labute approximate surface area is 113 Å². The number of carbonyl (C=O) groups excluding carboxylic acids is 1. The fraction of sp³-hybridized carbons (Fsp3) is 0.143. The number of fused-ring (bicyclic) bond motifs is 1. The number of carboxylic acids is 1. The molecular formula is C14H12FNO4. The summed E-state index contributed by atoms with van der Waals surface area (Å²) in [6.45, 7) is -0.417. The number of carbonyl (C=O) groups is 2. The van der Waals surface area contributed by atoms with Crippen molar-refractivity contribution in [2.45, 2.75) is 6.10 Å². The minimum absolute atomic E-state index is 0.222. The highest BCUT2D eigenvalue weighted by atomic mass is 19.1. The van der Waals surface area contributed by atoms with Crippen LogP contribution in [0.1, 0.15) is 10.4 Å². The lowest BCUT2D eigenvalue weighted by atomic mass is 10.0. The van der Waals surface area contributed by atoms with E-state index in [1.54, 1.807) is 24.3 Å². The Balaban J connectivity index is 2.27. The lowest BCUT2D eigenvalue weighted by Crippen LogP contribution is -2.36. The average Bonchev–Trinajstić information content (AvgIpc) is 2.45. The third-order valence-corrected chi connectivity index (χ3v) is 2.86. The molecule has 0 heterocycles. The number of hydrogen-bond acceptors (Lipinski definition) is 3. The molecule has 0 spiro atoms. The standard InChI is InChI=1S/C14H12FNO4/c15-11-6-5-10(8-3-1-2-4-9(8)11)13(18)16-7-12(17)14(19)20/h1-6,12,17H,7H2,(H,16,18)(H,19,20)/t12-/m0/s1. The summed E-state index contributed by atoms with van der Waals surface area (Å²) in [5.41, 5.74) is 0.222. The molecule has 104 valence electrons. The van der Waals surface area contributed by atoms with Crippen LogP contribution in [0.3, 0.4) is 0 Å². The van der Waals surface area contributed by atoms with Gasteiger partial charge in [-0.3, -0.25) is 4.79 Å². The van der Waals surface area contributed by atoms with Gasteiger partial charge in [0.1, 0.15) is 5.82 Å². The number of halogens is 1. The predicted molar refractivity (Wildman–Crippen MR) is 69.9 cm³/mol. The first-order valence-corrected chi connectivity index (χ1v) is 5.87. The maximum Gasteiger partial charge on any atom is 0.334 e. The van der Waals surface area contributed by atoms with Crippen LogP contribution < -0.4 is 5.32 Å². The third-order valence-electron chi connectivity index (χ3n) is 2.86. The molecule has 20 heavy (non-hydrogen) atoms. The molecule has 2 rings (SSSR count). The zero-order valence-corrected chi connectivity index (χ0v) is 10.3. The molecule has 0 aliphatic heterocycles. The summed E-state index contributed by atoms with van der Waals surface area (Å²) in [6, 6.07) is 8.96. The van der Waals surface area contributed by atoms with Gasteiger partial charge in [0.25, 0.3) is 5.91 Å². The van der Waals surface area contributed by atoms with Crippen LogP contribution in [0.15, 0.2) is 36.4 Å². The second-order valence-corrected chi connectivity index (χ2v) is 4.20. The van der Waals surface area contributed by atoms with E-state index >= 15 is 0 Å². The number of aliphatic hydroxyl groups excluding tert-OH is 1. The first-order chi connectivity index (χ1) is 9.50. The summed E-state index contributed by atoms with van der Waals surface area (Å²) in [7, 11) is 0. The van der Waals surface area contributed by atoms with Crippen molar-refractivity contribution in [3.8, 4) is 0 Å². The first-order valence-electron chi connectivity index (χ1n) is 5.87. The normalized spacial score (nSPS) is 12.1. The summed E-state index contributed by atoms with van der Waals surface area (Å²) in [5.74, 6) is -2.43. The van der Waals surface area contributed by atoms with E-state index in [1.807, 2.05) is 0 Å². The van der Waals surface area contributed by atoms with Crippen molar-refractivity contribution >= 4 is 22.6 Å². The fourth-order valence-corrected chi connectivity index (χ4v) is 1.83. The molecule has 1 amide bonds. The van der Waals surface area contributed by atoms with Gasteiger partial charge in [-0.1, -0.05) is 24.3 Å². The highest BCUT2D eigenvalue weighted by molar-refractivity contribution is 6.07. The quantitative estimate of drug-likeness (QED) is 0.782. The van der Waals surface area contributed by atoms with Gasteiger partial charge in [0.05, 0.1) is 6.54 Å². The molecule has 0 unspecified atom stereocenters. The molecule has 5 nitrogen and oxygen atoms in total. The molecule has 1 atom stereocenters. The fourth-order valence-electron chi connectivity index (χ4n) is 1.83. The zero-order chi connectivity index (χ0) is 14.7. The maximum atomic E-state index is 13.6. The van der Waals surface area contributed by atoms with Crippen molar-refractivity contribution in [2.24, 2.45) is 0 Å². The number of nitrogens with one attached hydrogen (secondary N) is 1. The Bertz CT molecular complexity index is 671. The van der Waals surface area contributed by atoms with Crippen LogP contribution in [0.25, 0.3) is 10.8 Å². The number of hydrogen-bond donors (Lipinski definition) is 3. The summed E-state index contributed by atoms with van der Waals surface area (Å²) in [5, 5.41) is 20.7. The molecule has 0 aliphatic carbocycles. The van der Waals surface area contributed by atoms with Gasteiger partial charge in [-0.25, -0.2) is 9.18 Å². The Morgan fingerprint density at radius 2 is 1.80 bits per heavy atom. The molecular weight excluding hydrogens is 265 g/mol. The Hall–Kier alpha value is -2.47. The van der Waals surface area contributed by atoms with Crippen molar-refractivity contribution in [3.63, 3.8) is 0 Å².